The summed E-state index contributed by atoms with van der Waals surface area (Å²) in [6, 6.07) is 3.67. The third kappa shape index (κ3) is 2.90. The first-order valence-electron chi connectivity index (χ1n) is 6.50. The van der Waals surface area contributed by atoms with Crippen molar-refractivity contribution in [3.05, 3.63) is 30.1 Å². The molecule has 1 aliphatic rings. The molecule has 2 rings (SSSR count). The summed E-state index contributed by atoms with van der Waals surface area (Å²) in [5.41, 5.74) is 0.967. The minimum atomic E-state index is -2.98. The van der Waals surface area contributed by atoms with Gasteiger partial charge in [0.1, 0.15) is 0 Å². The lowest BCUT2D eigenvalue weighted by Gasteiger charge is -2.30. The highest BCUT2D eigenvalue weighted by Gasteiger charge is 2.35. The summed E-state index contributed by atoms with van der Waals surface area (Å²) in [5, 5.41) is 3.00. The smallest absolute Gasteiger partial charge is 0.155 e. The maximum absolute atomic E-state index is 12.2. The van der Waals surface area contributed by atoms with Crippen LogP contribution in [0.5, 0.6) is 0 Å². The van der Waals surface area contributed by atoms with Gasteiger partial charge in [-0.3, -0.25) is 4.98 Å². The number of rotatable bonds is 4. The summed E-state index contributed by atoms with van der Waals surface area (Å²) >= 11 is 0. The zero-order chi connectivity index (χ0) is 13.0. The van der Waals surface area contributed by atoms with Crippen molar-refractivity contribution in [1.29, 1.82) is 0 Å². The molecular weight excluding hydrogens is 248 g/mol. The molecule has 0 amide bonds. The fraction of sp³-hybridized carbons (Fsp3) is 0.615. The van der Waals surface area contributed by atoms with Gasteiger partial charge in [-0.2, -0.15) is 0 Å². The Morgan fingerprint density at radius 1 is 1.50 bits per heavy atom. The van der Waals surface area contributed by atoms with Gasteiger partial charge < -0.3 is 5.32 Å². The van der Waals surface area contributed by atoms with E-state index in [1.807, 2.05) is 19.1 Å². The Bertz CT molecular complexity index is 473. The Labute approximate surface area is 109 Å². The largest absolute Gasteiger partial charge is 0.309 e. The number of hydrogen-bond donors (Lipinski definition) is 1. The van der Waals surface area contributed by atoms with E-state index >= 15 is 0 Å². The lowest BCUT2D eigenvalue weighted by atomic mass is 10.0. The normalized spacial score (nSPS) is 24.6. The number of nitrogens with one attached hydrogen (secondary N) is 1. The fourth-order valence-electron chi connectivity index (χ4n) is 2.60. The van der Waals surface area contributed by atoms with Crippen molar-refractivity contribution in [2.24, 2.45) is 0 Å². The summed E-state index contributed by atoms with van der Waals surface area (Å²) in [7, 11) is -2.98. The van der Waals surface area contributed by atoms with E-state index in [4.69, 9.17) is 0 Å². The number of pyridine rings is 1. The lowest BCUT2D eigenvalue weighted by Crippen LogP contribution is -2.40. The van der Waals surface area contributed by atoms with E-state index in [2.05, 4.69) is 10.3 Å². The molecule has 1 N–H and O–H groups in total. The lowest BCUT2D eigenvalue weighted by molar-refractivity contribution is 0.453. The highest BCUT2D eigenvalue weighted by atomic mass is 32.2. The van der Waals surface area contributed by atoms with Crippen LogP contribution in [0, 0.1) is 0 Å². The number of nitrogens with zero attached hydrogens (tertiary/aromatic N) is 1. The first-order chi connectivity index (χ1) is 8.65. The van der Waals surface area contributed by atoms with Gasteiger partial charge in [-0.05, 0) is 31.0 Å². The van der Waals surface area contributed by atoms with Crippen LogP contribution in [0.3, 0.4) is 0 Å². The summed E-state index contributed by atoms with van der Waals surface area (Å²) in [6.45, 7) is 2.75. The molecule has 1 fully saturated rings. The van der Waals surface area contributed by atoms with Crippen molar-refractivity contribution in [3.8, 4) is 0 Å². The quantitative estimate of drug-likeness (QED) is 0.903. The fourth-order valence-corrected chi connectivity index (χ4v) is 4.70. The predicted octanol–water partition coefficient (Wildman–Crippen LogP) is 1.70. The van der Waals surface area contributed by atoms with Crippen LogP contribution < -0.4 is 5.32 Å². The number of sulfone groups is 1. The van der Waals surface area contributed by atoms with Crippen molar-refractivity contribution in [1.82, 2.24) is 10.3 Å². The number of aromatic nitrogens is 1. The van der Waals surface area contributed by atoms with Crippen molar-refractivity contribution in [3.63, 3.8) is 0 Å². The Balaban J connectivity index is 2.30. The maximum Gasteiger partial charge on any atom is 0.155 e. The van der Waals surface area contributed by atoms with Crippen LogP contribution in [0.15, 0.2) is 24.5 Å². The number of hydrogen-bond acceptors (Lipinski definition) is 4. The van der Waals surface area contributed by atoms with Crippen LogP contribution in [0.25, 0.3) is 0 Å². The van der Waals surface area contributed by atoms with E-state index < -0.39 is 9.84 Å². The molecule has 1 aliphatic heterocycles. The molecule has 2 unspecified atom stereocenters. The van der Waals surface area contributed by atoms with Gasteiger partial charge in [-0.1, -0.05) is 19.4 Å². The minimum Gasteiger partial charge on any atom is -0.309 e. The van der Waals surface area contributed by atoms with Gasteiger partial charge in [0, 0.05) is 12.4 Å². The third-order valence-corrected chi connectivity index (χ3v) is 5.76. The highest BCUT2D eigenvalue weighted by Crippen LogP contribution is 2.30. The summed E-state index contributed by atoms with van der Waals surface area (Å²) in [6.07, 6.45) is 6.00. The van der Waals surface area contributed by atoms with E-state index in [0.717, 1.165) is 31.4 Å². The van der Waals surface area contributed by atoms with E-state index in [1.165, 1.54) is 0 Å². The average molecular weight is 268 g/mol. The first kappa shape index (κ1) is 13.5. The predicted molar refractivity (Wildman–Crippen MR) is 72.1 cm³/mol. The van der Waals surface area contributed by atoms with Crippen LogP contribution in [-0.4, -0.2) is 30.9 Å². The molecule has 0 saturated carbocycles. The van der Waals surface area contributed by atoms with Gasteiger partial charge >= 0.3 is 0 Å². The molecule has 1 aromatic heterocycles. The molecule has 2 heterocycles. The second-order valence-corrected chi connectivity index (χ2v) is 7.06. The molecular formula is C13H20N2O2S. The molecule has 2 atom stereocenters. The van der Waals surface area contributed by atoms with Gasteiger partial charge in [-0.25, -0.2) is 8.42 Å². The van der Waals surface area contributed by atoms with Gasteiger partial charge in [0.05, 0.1) is 17.0 Å². The van der Waals surface area contributed by atoms with Gasteiger partial charge in [0.2, 0.25) is 0 Å². The third-order valence-electron chi connectivity index (χ3n) is 3.47. The van der Waals surface area contributed by atoms with Crippen molar-refractivity contribution < 1.29 is 8.42 Å². The zero-order valence-corrected chi connectivity index (χ0v) is 11.5. The second-order valence-electron chi connectivity index (χ2n) is 4.72. The van der Waals surface area contributed by atoms with Gasteiger partial charge in [-0.15, -0.1) is 0 Å². The molecule has 0 spiro atoms. The van der Waals surface area contributed by atoms with Crippen LogP contribution >= 0.6 is 0 Å². The molecule has 18 heavy (non-hydrogen) atoms. The Hall–Kier alpha value is -0.940. The van der Waals surface area contributed by atoms with Gasteiger partial charge in [0.25, 0.3) is 0 Å². The van der Waals surface area contributed by atoms with E-state index in [9.17, 15) is 8.42 Å². The van der Waals surface area contributed by atoms with Crippen LogP contribution in [0.1, 0.15) is 37.8 Å². The van der Waals surface area contributed by atoms with Crippen LogP contribution in [0.2, 0.25) is 0 Å². The van der Waals surface area contributed by atoms with Crippen molar-refractivity contribution >= 4 is 9.84 Å². The summed E-state index contributed by atoms with van der Waals surface area (Å²) in [4.78, 5) is 4.10. The van der Waals surface area contributed by atoms with Crippen LogP contribution in [0.4, 0.5) is 0 Å². The molecule has 0 radical (unpaired) electrons. The molecule has 1 aromatic rings. The molecule has 0 bridgehead atoms. The molecule has 100 valence electrons. The van der Waals surface area contributed by atoms with E-state index in [-0.39, 0.29) is 11.3 Å². The van der Waals surface area contributed by atoms with E-state index in [1.54, 1.807) is 12.4 Å². The van der Waals surface area contributed by atoms with Crippen LogP contribution in [-0.2, 0) is 9.84 Å². The Morgan fingerprint density at radius 2 is 2.33 bits per heavy atom. The highest BCUT2D eigenvalue weighted by molar-refractivity contribution is 7.92. The Morgan fingerprint density at radius 3 is 2.94 bits per heavy atom. The van der Waals surface area contributed by atoms with Gasteiger partial charge in [0.15, 0.2) is 9.84 Å². The SMILES string of the molecule is CCNC(c1cccnc1)C1CCCCS1(=O)=O. The first-order valence-corrected chi connectivity index (χ1v) is 8.21. The molecule has 5 heteroatoms. The zero-order valence-electron chi connectivity index (χ0n) is 10.7. The summed E-state index contributed by atoms with van der Waals surface area (Å²) < 4.78 is 24.4. The van der Waals surface area contributed by atoms with E-state index in [0.29, 0.717) is 5.75 Å². The molecule has 1 saturated heterocycles. The maximum atomic E-state index is 12.2. The second kappa shape index (κ2) is 5.80. The Kier molecular flexibility index (Phi) is 4.35. The monoisotopic (exact) mass is 268 g/mol. The minimum absolute atomic E-state index is 0.131. The molecule has 4 nitrogen and oxygen atoms in total. The van der Waals surface area contributed by atoms with Crippen molar-refractivity contribution in [2.75, 3.05) is 12.3 Å². The molecule has 0 aromatic carbocycles. The molecule has 0 aliphatic carbocycles. The standard InChI is InChI=1S/C13H20N2O2S/c1-2-15-13(11-6-5-8-14-10-11)12-7-3-4-9-18(12,16)17/h5-6,8,10,12-13,15H,2-4,7,9H2,1H3. The average Bonchev–Trinajstić information content (AvgIpc) is 2.37. The summed E-state index contributed by atoms with van der Waals surface area (Å²) in [5.74, 6) is 0.319. The topological polar surface area (TPSA) is 59.1 Å². The van der Waals surface area contributed by atoms with Crippen molar-refractivity contribution in [2.45, 2.75) is 37.5 Å².